The lowest BCUT2D eigenvalue weighted by atomic mass is 9.98. The number of amides is 2. The van der Waals surface area contributed by atoms with E-state index in [4.69, 9.17) is 0 Å². The summed E-state index contributed by atoms with van der Waals surface area (Å²) in [5.41, 5.74) is 0. The molecule has 1 aliphatic rings. The van der Waals surface area contributed by atoms with E-state index >= 15 is 0 Å². The highest BCUT2D eigenvalue weighted by Crippen LogP contribution is 2.17. The Balaban J connectivity index is 2.50. The van der Waals surface area contributed by atoms with Gasteiger partial charge in [0.25, 0.3) is 0 Å². The maximum Gasteiger partial charge on any atom is 0.311 e. The Bertz CT molecular complexity index is 340. The van der Waals surface area contributed by atoms with Crippen LogP contribution in [-0.2, 0) is 9.59 Å². The van der Waals surface area contributed by atoms with Gasteiger partial charge in [-0.25, -0.2) is 0 Å². The van der Waals surface area contributed by atoms with Gasteiger partial charge in [0, 0.05) is 19.1 Å². The summed E-state index contributed by atoms with van der Waals surface area (Å²) in [5.74, 6) is -0.737. The van der Waals surface area contributed by atoms with Gasteiger partial charge in [0.1, 0.15) is 0 Å². The second-order valence-electron chi connectivity index (χ2n) is 7.22. The van der Waals surface area contributed by atoms with Crippen molar-refractivity contribution < 1.29 is 9.59 Å². The summed E-state index contributed by atoms with van der Waals surface area (Å²) in [7, 11) is 0. The van der Waals surface area contributed by atoms with Crippen molar-refractivity contribution >= 4 is 11.8 Å². The van der Waals surface area contributed by atoms with Crippen LogP contribution in [0.5, 0.6) is 0 Å². The Morgan fingerprint density at radius 1 is 0.792 bits per heavy atom. The molecule has 4 nitrogen and oxygen atoms in total. The van der Waals surface area contributed by atoms with Gasteiger partial charge in [-0.1, -0.05) is 71.6 Å². The van der Waals surface area contributed by atoms with Crippen molar-refractivity contribution in [3.8, 4) is 0 Å². The topological polar surface area (TPSA) is 49.4 Å². The Kier molecular flexibility index (Phi) is 11.6. The van der Waals surface area contributed by atoms with E-state index in [0.717, 1.165) is 38.5 Å². The molecular weight excluding hydrogens is 300 g/mol. The normalized spacial score (nSPS) is 18.2. The number of nitrogens with zero attached hydrogens (tertiary/aromatic N) is 1. The average Bonchev–Trinajstić information content (AvgIpc) is 2.56. The van der Waals surface area contributed by atoms with E-state index in [1.54, 1.807) is 4.90 Å². The van der Waals surface area contributed by atoms with E-state index in [1.807, 2.05) is 13.8 Å². The third kappa shape index (κ3) is 8.70. The summed E-state index contributed by atoms with van der Waals surface area (Å²) in [6.45, 7) is 5.43. The summed E-state index contributed by atoms with van der Waals surface area (Å²) in [4.78, 5) is 26.5. The van der Waals surface area contributed by atoms with Gasteiger partial charge in [0.2, 0.25) is 0 Å². The van der Waals surface area contributed by atoms with Crippen LogP contribution in [0, 0.1) is 0 Å². The van der Waals surface area contributed by atoms with Crippen LogP contribution in [-0.4, -0.2) is 35.8 Å². The molecule has 1 fully saturated rings. The lowest BCUT2D eigenvalue weighted by molar-refractivity contribution is -0.146. The highest BCUT2D eigenvalue weighted by molar-refractivity contribution is 6.35. The molecule has 0 aromatic carbocycles. The van der Waals surface area contributed by atoms with Gasteiger partial charge in [-0.15, -0.1) is 0 Å². The van der Waals surface area contributed by atoms with E-state index in [-0.39, 0.29) is 11.9 Å². The standard InChI is InChI=1S/C20H38N2O2/c1-3-16-22(17-4-2)20(24)19(23)21-18-14-12-10-8-6-5-7-9-11-13-15-18/h18H,3-17H2,1-2H3,(H,21,23). The van der Waals surface area contributed by atoms with Gasteiger partial charge in [-0.2, -0.15) is 0 Å². The molecule has 24 heavy (non-hydrogen) atoms. The zero-order valence-electron chi connectivity index (χ0n) is 15.9. The Labute approximate surface area is 148 Å². The van der Waals surface area contributed by atoms with E-state index in [0.29, 0.717) is 13.1 Å². The first-order valence-electron chi connectivity index (χ1n) is 10.3. The minimum absolute atomic E-state index is 0.172. The van der Waals surface area contributed by atoms with Crippen molar-refractivity contribution in [2.75, 3.05) is 13.1 Å². The van der Waals surface area contributed by atoms with E-state index in [2.05, 4.69) is 5.32 Å². The van der Waals surface area contributed by atoms with Crippen molar-refractivity contribution in [3.05, 3.63) is 0 Å². The van der Waals surface area contributed by atoms with E-state index in [1.165, 1.54) is 44.9 Å². The molecule has 2 amide bonds. The molecule has 0 atom stereocenters. The maximum atomic E-state index is 12.4. The van der Waals surface area contributed by atoms with Crippen molar-refractivity contribution in [3.63, 3.8) is 0 Å². The van der Waals surface area contributed by atoms with Crippen LogP contribution in [0.15, 0.2) is 0 Å². The second-order valence-corrected chi connectivity index (χ2v) is 7.22. The van der Waals surface area contributed by atoms with Crippen LogP contribution in [0.3, 0.4) is 0 Å². The first-order valence-corrected chi connectivity index (χ1v) is 10.3. The molecule has 140 valence electrons. The molecule has 1 rings (SSSR count). The lowest BCUT2D eigenvalue weighted by Crippen LogP contribution is -2.47. The molecule has 4 heteroatoms. The van der Waals surface area contributed by atoms with Crippen LogP contribution in [0.25, 0.3) is 0 Å². The van der Waals surface area contributed by atoms with E-state index in [9.17, 15) is 9.59 Å². The predicted octanol–water partition coefficient (Wildman–Crippen LogP) is 4.42. The largest absolute Gasteiger partial charge is 0.345 e. The molecule has 1 saturated carbocycles. The number of hydrogen-bond acceptors (Lipinski definition) is 2. The minimum Gasteiger partial charge on any atom is -0.345 e. The van der Waals surface area contributed by atoms with Gasteiger partial charge in [0.05, 0.1) is 0 Å². The van der Waals surface area contributed by atoms with Gasteiger partial charge < -0.3 is 10.2 Å². The van der Waals surface area contributed by atoms with Crippen molar-refractivity contribution in [1.82, 2.24) is 10.2 Å². The van der Waals surface area contributed by atoms with Crippen LogP contribution < -0.4 is 5.32 Å². The molecule has 1 N–H and O–H groups in total. The molecule has 0 heterocycles. The third-order valence-electron chi connectivity index (χ3n) is 4.91. The zero-order valence-corrected chi connectivity index (χ0v) is 15.9. The number of rotatable bonds is 5. The number of carbonyl (C=O) groups excluding carboxylic acids is 2. The predicted molar refractivity (Wildman–Crippen MR) is 99.9 cm³/mol. The minimum atomic E-state index is -0.394. The molecular formula is C20H38N2O2. The molecule has 0 aliphatic heterocycles. The van der Waals surface area contributed by atoms with Crippen LogP contribution in [0.2, 0.25) is 0 Å². The monoisotopic (exact) mass is 338 g/mol. The lowest BCUT2D eigenvalue weighted by Gasteiger charge is -2.24. The summed E-state index contributed by atoms with van der Waals surface area (Å²) >= 11 is 0. The number of carbonyl (C=O) groups is 2. The Hall–Kier alpha value is -1.06. The fourth-order valence-electron chi connectivity index (χ4n) is 3.55. The summed E-state index contributed by atoms with van der Waals surface area (Å²) in [5, 5.41) is 3.04. The summed E-state index contributed by atoms with van der Waals surface area (Å²) in [6, 6.07) is 0.172. The molecule has 0 spiro atoms. The second kappa shape index (κ2) is 13.3. The van der Waals surface area contributed by atoms with Crippen molar-refractivity contribution in [1.29, 1.82) is 0 Å². The van der Waals surface area contributed by atoms with Gasteiger partial charge >= 0.3 is 11.8 Å². The Morgan fingerprint density at radius 2 is 1.21 bits per heavy atom. The van der Waals surface area contributed by atoms with Crippen LogP contribution in [0.4, 0.5) is 0 Å². The molecule has 0 aromatic heterocycles. The Morgan fingerprint density at radius 3 is 1.62 bits per heavy atom. The van der Waals surface area contributed by atoms with Crippen LogP contribution in [0.1, 0.15) is 97.3 Å². The highest BCUT2D eigenvalue weighted by atomic mass is 16.2. The van der Waals surface area contributed by atoms with Gasteiger partial charge in [0.15, 0.2) is 0 Å². The fraction of sp³-hybridized carbons (Fsp3) is 0.900. The van der Waals surface area contributed by atoms with Gasteiger partial charge in [-0.05, 0) is 25.7 Å². The van der Waals surface area contributed by atoms with Crippen molar-refractivity contribution in [2.24, 2.45) is 0 Å². The summed E-state index contributed by atoms with van der Waals surface area (Å²) < 4.78 is 0. The molecule has 0 radical (unpaired) electrons. The van der Waals surface area contributed by atoms with Crippen molar-refractivity contribution in [2.45, 2.75) is 103 Å². The fourth-order valence-corrected chi connectivity index (χ4v) is 3.55. The first-order chi connectivity index (χ1) is 11.7. The number of nitrogens with one attached hydrogen (secondary N) is 1. The quantitative estimate of drug-likeness (QED) is 0.754. The zero-order chi connectivity index (χ0) is 17.6. The molecule has 0 aromatic rings. The number of hydrogen-bond donors (Lipinski definition) is 1. The maximum absolute atomic E-state index is 12.4. The third-order valence-corrected chi connectivity index (χ3v) is 4.91. The average molecular weight is 339 g/mol. The smallest absolute Gasteiger partial charge is 0.311 e. The highest BCUT2D eigenvalue weighted by Gasteiger charge is 2.23. The SMILES string of the molecule is CCCN(CCC)C(=O)C(=O)NC1CCCCCCCCCCC1. The van der Waals surface area contributed by atoms with E-state index < -0.39 is 5.91 Å². The molecule has 0 saturated heterocycles. The molecule has 0 unspecified atom stereocenters. The first kappa shape index (κ1) is 21.0. The van der Waals surface area contributed by atoms with Gasteiger partial charge in [-0.3, -0.25) is 9.59 Å². The molecule has 0 bridgehead atoms. The van der Waals surface area contributed by atoms with Crippen LogP contribution >= 0.6 is 0 Å². The molecule has 1 aliphatic carbocycles. The summed E-state index contributed by atoms with van der Waals surface area (Å²) in [6.07, 6.45) is 15.3.